The minimum Gasteiger partial charge on any atom is -0.381 e. The molecule has 1 fully saturated rings. The molecular weight excluding hydrogens is 234 g/mol. The van der Waals surface area contributed by atoms with Crippen LogP contribution in [0.5, 0.6) is 0 Å². The average Bonchev–Trinajstić information content (AvgIpc) is 3.08. The molecule has 2 atom stereocenters. The minimum absolute atomic E-state index is 0.634. The van der Waals surface area contributed by atoms with Crippen LogP contribution in [0.15, 0.2) is 24.3 Å². The van der Waals surface area contributed by atoms with Gasteiger partial charge >= 0.3 is 0 Å². The van der Waals surface area contributed by atoms with Gasteiger partial charge in [0.25, 0.3) is 0 Å². The van der Waals surface area contributed by atoms with E-state index < -0.39 is 0 Å². The van der Waals surface area contributed by atoms with Crippen molar-refractivity contribution >= 4 is 0 Å². The van der Waals surface area contributed by atoms with Crippen LogP contribution in [0.1, 0.15) is 30.9 Å². The van der Waals surface area contributed by atoms with E-state index >= 15 is 0 Å². The van der Waals surface area contributed by atoms with E-state index in [0.29, 0.717) is 12.0 Å². The lowest BCUT2D eigenvalue weighted by Gasteiger charge is -2.29. The summed E-state index contributed by atoms with van der Waals surface area (Å²) >= 11 is 0. The largest absolute Gasteiger partial charge is 0.381 e. The third-order valence-electron chi connectivity index (χ3n) is 4.69. The highest BCUT2D eigenvalue weighted by Gasteiger charge is 2.34. The van der Waals surface area contributed by atoms with Crippen molar-refractivity contribution in [3.63, 3.8) is 0 Å². The molecule has 3 rings (SSSR count). The van der Waals surface area contributed by atoms with Crippen LogP contribution in [0.2, 0.25) is 0 Å². The Bertz CT molecular complexity index is 386. The fraction of sp³-hybridized carbons (Fsp3) is 0.647. The number of benzene rings is 1. The molecule has 0 radical (unpaired) electrons. The van der Waals surface area contributed by atoms with E-state index in [0.717, 1.165) is 25.7 Å². The van der Waals surface area contributed by atoms with Gasteiger partial charge in [-0.15, -0.1) is 0 Å². The molecular formula is C17H25NO. The van der Waals surface area contributed by atoms with Crippen molar-refractivity contribution in [3.05, 3.63) is 35.4 Å². The molecule has 1 aromatic rings. The minimum atomic E-state index is 0.634. The van der Waals surface area contributed by atoms with Crippen LogP contribution >= 0.6 is 0 Å². The van der Waals surface area contributed by atoms with Crippen LogP contribution < -0.4 is 5.32 Å². The number of rotatable bonds is 5. The van der Waals surface area contributed by atoms with Gasteiger partial charge in [0.2, 0.25) is 0 Å². The van der Waals surface area contributed by atoms with Crippen LogP contribution in [0.4, 0.5) is 0 Å². The summed E-state index contributed by atoms with van der Waals surface area (Å²) in [4.78, 5) is 0. The standard InChI is InChI=1S/C17H25NO/c1-2-8-18-17(15-7-9-19-12-15)16-10-13-5-3-4-6-14(13)11-16/h3-6,15-18H,2,7-12H2,1H3. The molecule has 2 heteroatoms. The van der Waals surface area contributed by atoms with Crippen LogP contribution in [0, 0.1) is 11.8 Å². The molecule has 2 aliphatic rings. The van der Waals surface area contributed by atoms with Crippen molar-refractivity contribution in [1.29, 1.82) is 0 Å². The molecule has 0 saturated carbocycles. The van der Waals surface area contributed by atoms with Crippen molar-refractivity contribution in [2.45, 2.75) is 38.6 Å². The second kappa shape index (κ2) is 6.06. The van der Waals surface area contributed by atoms with Crippen LogP contribution in [-0.4, -0.2) is 25.8 Å². The third kappa shape index (κ3) is 2.85. The lowest BCUT2D eigenvalue weighted by atomic mass is 9.85. The molecule has 1 heterocycles. The number of ether oxygens (including phenoxy) is 1. The molecule has 2 unspecified atom stereocenters. The molecule has 0 spiro atoms. The van der Waals surface area contributed by atoms with Gasteiger partial charge < -0.3 is 10.1 Å². The van der Waals surface area contributed by atoms with Gasteiger partial charge in [0.15, 0.2) is 0 Å². The van der Waals surface area contributed by atoms with Gasteiger partial charge in [-0.05, 0) is 49.3 Å². The van der Waals surface area contributed by atoms with E-state index in [9.17, 15) is 0 Å². The molecule has 0 amide bonds. The maximum Gasteiger partial charge on any atom is 0.0510 e. The Labute approximate surface area is 116 Å². The summed E-state index contributed by atoms with van der Waals surface area (Å²) in [6, 6.07) is 9.59. The van der Waals surface area contributed by atoms with Crippen molar-refractivity contribution in [2.75, 3.05) is 19.8 Å². The summed E-state index contributed by atoms with van der Waals surface area (Å²) in [6.07, 6.45) is 4.93. The Morgan fingerprint density at radius 1 is 1.21 bits per heavy atom. The molecule has 19 heavy (non-hydrogen) atoms. The summed E-state index contributed by atoms with van der Waals surface area (Å²) in [7, 11) is 0. The van der Waals surface area contributed by atoms with E-state index in [4.69, 9.17) is 4.74 Å². The second-order valence-corrected chi connectivity index (χ2v) is 6.04. The van der Waals surface area contributed by atoms with Crippen LogP contribution in [0.25, 0.3) is 0 Å². The molecule has 1 aliphatic carbocycles. The normalized spacial score (nSPS) is 24.6. The zero-order valence-electron chi connectivity index (χ0n) is 11.9. The number of hydrogen-bond donors (Lipinski definition) is 1. The fourth-order valence-corrected chi connectivity index (χ4v) is 3.71. The number of fused-ring (bicyclic) bond motifs is 1. The van der Waals surface area contributed by atoms with Gasteiger partial charge in [-0.2, -0.15) is 0 Å². The smallest absolute Gasteiger partial charge is 0.0510 e. The molecule has 104 valence electrons. The van der Waals surface area contributed by atoms with Crippen molar-refractivity contribution in [2.24, 2.45) is 11.8 Å². The monoisotopic (exact) mass is 259 g/mol. The predicted octanol–water partition coefficient (Wildman–Crippen LogP) is 2.81. The fourth-order valence-electron chi connectivity index (χ4n) is 3.71. The molecule has 1 saturated heterocycles. The third-order valence-corrected chi connectivity index (χ3v) is 4.69. The molecule has 1 N–H and O–H groups in total. The topological polar surface area (TPSA) is 21.3 Å². The molecule has 1 aliphatic heterocycles. The van der Waals surface area contributed by atoms with Crippen LogP contribution in [0.3, 0.4) is 0 Å². The summed E-state index contributed by atoms with van der Waals surface area (Å²) in [5.41, 5.74) is 3.13. The molecule has 2 nitrogen and oxygen atoms in total. The maximum atomic E-state index is 5.61. The second-order valence-electron chi connectivity index (χ2n) is 6.04. The van der Waals surface area contributed by atoms with Crippen LogP contribution in [-0.2, 0) is 17.6 Å². The highest BCUT2D eigenvalue weighted by Crippen LogP contribution is 2.33. The van der Waals surface area contributed by atoms with E-state index in [1.54, 1.807) is 11.1 Å². The maximum absolute atomic E-state index is 5.61. The van der Waals surface area contributed by atoms with Gasteiger partial charge in [0.05, 0.1) is 6.61 Å². The predicted molar refractivity (Wildman–Crippen MR) is 78.3 cm³/mol. The van der Waals surface area contributed by atoms with Gasteiger partial charge in [-0.3, -0.25) is 0 Å². The molecule has 0 aromatic heterocycles. The van der Waals surface area contributed by atoms with Crippen molar-refractivity contribution < 1.29 is 4.74 Å². The molecule has 0 bridgehead atoms. The summed E-state index contributed by atoms with van der Waals surface area (Å²) < 4.78 is 5.61. The lowest BCUT2D eigenvalue weighted by Crippen LogP contribution is -2.43. The van der Waals surface area contributed by atoms with Gasteiger partial charge in [0.1, 0.15) is 0 Å². The Hall–Kier alpha value is -0.860. The Morgan fingerprint density at radius 3 is 2.53 bits per heavy atom. The first-order valence-corrected chi connectivity index (χ1v) is 7.76. The highest BCUT2D eigenvalue weighted by molar-refractivity contribution is 5.32. The summed E-state index contributed by atoms with van der Waals surface area (Å²) in [5, 5.41) is 3.81. The summed E-state index contributed by atoms with van der Waals surface area (Å²) in [6.45, 7) is 5.29. The Balaban J connectivity index is 1.70. The zero-order chi connectivity index (χ0) is 13.1. The first-order chi connectivity index (χ1) is 9.38. The SMILES string of the molecule is CCCNC(C1CCOC1)C1Cc2ccccc2C1. The highest BCUT2D eigenvalue weighted by atomic mass is 16.5. The molecule has 1 aromatic carbocycles. The quantitative estimate of drug-likeness (QED) is 0.878. The first kappa shape index (κ1) is 13.1. The zero-order valence-corrected chi connectivity index (χ0v) is 11.9. The van der Waals surface area contributed by atoms with Crippen molar-refractivity contribution in [3.8, 4) is 0 Å². The first-order valence-electron chi connectivity index (χ1n) is 7.76. The number of nitrogens with one attached hydrogen (secondary N) is 1. The Morgan fingerprint density at radius 2 is 1.95 bits per heavy atom. The van der Waals surface area contributed by atoms with E-state index in [-0.39, 0.29) is 0 Å². The average molecular weight is 259 g/mol. The van der Waals surface area contributed by atoms with E-state index in [1.807, 2.05) is 0 Å². The lowest BCUT2D eigenvalue weighted by molar-refractivity contribution is 0.165. The Kier molecular flexibility index (Phi) is 4.19. The van der Waals surface area contributed by atoms with Gasteiger partial charge in [-0.25, -0.2) is 0 Å². The van der Waals surface area contributed by atoms with Crippen molar-refractivity contribution in [1.82, 2.24) is 5.32 Å². The number of hydrogen-bond acceptors (Lipinski definition) is 2. The van der Waals surface area contributed by atoms with E-state index in [2.05, 4.69) is 36.5 Å². The summed E-state index contributed by atoms with van der Waals surface area (Å²) in [5.74, 6) is 1.47. The van der Waals surface area contributed by atoms with Gasteiger partial charge in [-0.1, -0.05) is 31.2 Å². The van der Waals surface area contributed by atoms with E-state index in [1.165, 1.54) is 25.7 Å². The van der Waals surface area contributed by atoms with Gasteiger partial charge in [0, 0.05) is 18.6 Å².